The van der Waals surface area contributed by atoms with Gasteiger partial charge in [0.2, 0.25) is 0 Å². The van der Waals surface area contributed by atoms with Crippen molar-refractivity contribution in [3.8, 4) is 22.8 Å². The zero-order chi connectivity index (χ0) is 18.7. The lowest BCUT2D eigenvalue weighted by molar-refractivity contribution is 0.354. The second kappa shape index (κ2) is 7.09. The Labute approximate surface area is 152 Å². The van der Waals surface area contributed by atoms with E-state index in [0.29, 0.717) is 28.6 Å². The van der Waals surface area contributed by atoms with Crippen LogP contribution in [-0.4, -0.2) is 32.8 Å². The largest absolute Gasteiger partial charge is 0.493 e. The molecule has 8 heteroatoms. The first-order valence-corrected chi connectivity index (χ1v) is 9.30. The molecular formula is C18H19N3O4S. The topological polar surface area (TPSA) is 93.3 Å². The number of nitrogens with zero attached hydrogens (tertiary/aromatic N) is 1. The van der Waals surface area contributed by atoms with E-state index in [-0.39, 0.29) is 4.90 Å². The van der Waals surface area contributed by atoms with Gasteiger partial charge in [-0.1, -0.05) is 30.3 Å². The molecule has 136 valence electrons. The predicted octanol–water partition coefficient (Wildman–Crippen LogP) is 3.20. The Morgan fingerprint density at radius 2 is 1.69 bits per heavy atom. The first-order chi connectivity index (χ1) is 12.5. The molecule has 0 bridgehead atoms. The average molecular weight is 373 g/mol. The zero-order valence-corrected chi connectivity index (χ0v) is 15.4. The highest BCUT2D eigenvalue weighted by atomic mass is 32.2. The van der Waals surface area contributed by atoms with Crippen LogP contribution in [0.5, 0.6) is 11.5 Å². The molecule has 7 nitrogen and oxygen atoms in total. The number of methoxy groups -OCH3 is 2. The maximum Gasteiger partial charge on any atom is 0.263 e. The van der Waals surface area contributed by atoms with Gasteiger partial charge in [-0.3, -0.25) is 9.82 Å². The molecule has 0 spiro atoms. The van der Waals surface area contributed by atoms with Crippen LogP contribution in [0.2, 0.25) is 0 Å². The molecule has 0 unspecified atom stereocenters. The fraction of sp³-hybridized carbons (Fsp3) is 0.167. The summed E-state index contributed by atoms with van der Waals surface area (Å²) >= 11 is 0. The lowest BCUT2D eigenvalue weighted by Gasteiger charge is -2.11. The summed E-state index contributed by atoms with van der Waals surface area (Å²) in [5, 5.41) is 6.98. The first-order valence-electron chi connectivity index (χ1n) is 7.81. The van der Waals surface area contributed by atoms with Crippen molar-refractivity contribution in [2.45, 2.75) is 11.8 Å². The quantitative estimate of drug-likeness (QED) is 0.692. The van der Waals surface area contributed by atoms with Gasteiger partial charge >= 0.3 is 0 Å². The van der Waals surface area contributed by atoms with Crippen molar-refractivity contribution in [1.29, 1.82) is 0 Å². The minimum atomic E-state index is -3.82. The Bertz CT molecular complexity index is 1010. The predicted molar refractivity (Wildman–Crippen MR) is 99.1 cm³/mol. The van der Waals surface area contributed by atoms with Crippen molar-refractivity contribution in [2.75, 3.05) is 18.9 Å². The molecule has 1 aromatic heterocycles. The van der Waals surface area contributed by atoms with Crippen LogP contribution in [0.15, 0.2) is 53.4 Å². The molecule has 3 rings (SSSR count). The van der Waals surface area contributed by atoms with E-state index in [4.69, 9.17) is 9.47 Å². The van der Waals surface area contributed by atoms with Gasteiger partial charge in [0, 0.05) is 17.2 Å². The number of aromatic nitrogens is 2. The van der Waals surface area contributed by atoms with E-state index in [2.05, 4.69) is 14.9 Å². The molecule has 0 radical (unpaired) electrons. The normalized spacial score (nSPS) is 11.2. The summed E-state index contributed by atoms with van der Waals surface area (Å²) in [6.07, 6.45) is 0. The van der Waals surface area contributed by atoms with Crippen molar-refractivity contribution in [2.24, 2.45) is 0 Å². The number of hydrogen-bond acceptors (Lipinski definition) is 5. The summed E-state index contributed by atoms with van der Waals surface area (Å²) in [5.41, 5.74) is 2.30. The molecule has 0 saturated heterocycles. The SMILES string of the molecule is COc1ccc(S(=O)(=O)Nc2[nH]nc(-c3ccccc3)c2C)cc1OC. The van der Waals surface area contributed by atoms with Gasteiger partial charge in [0.1, 0.15) is 5.82 Å². The van der Waals surface area contributed by atoms with E-state index in [0.717, 1.165) is 5.56 Å². The van der Waals surface area contributed by atoms with Gasteiger partial charge in [-0.25, -0.2) is 8.42 Å². The Kier molecular flexibility index (Phi) is 4.85. The van der Waals surface area contributed by atoms with E-state index in [1.54, 1.807) is 13.0 Å². The number of aromatic amines is 1. The smallest absolute Gasteiger partial charge is 0.263 e. The van der Waals surface area contributed by atoms with Crippen molar-refractivity contribution in [1.82, 2.24) is 10.2 Å². The molecule has 0 amide bonds. The second-order valence-corrected chi connectivity index (χ2v) is 7.24. The zero-order valence-electron chi connectivity index (χ0n) is 14.6. The van der Waals surface area contributed by atoms with Gasteiger partial charge in [-0.15, -0.1) is 0 Å². The van der Waals surface area contributed by atoms with Crippen LogP contribution >= 0.6 is 0 Å². The number of benzene rings is 2. The fourth-order valence-corrected chi connectivity index (χ4v) is 3.65. The summed E-state index contributed by atoms with van der Waals surface area (Å²) in [4.78, 5) is 0.0606. The maximum atomic E-state index is 12.7. The van der Waals surface area contributed by atoms with Crippen LogP contribution in [0.3, 0.4) is 0 Å². The van der Waals surface area contributed by atoms with E-state index in [9.17, 15) is 8.42 Å². The molecule has 0 aliphatic rings. The highest BCUT2D eigenvalue weighted by Gasteiger charge is 2.20. The number of rotatable bonds is 6. The average Bonchev–Trinajstić information content (AvgIpc) is 3.01. The summed E-state index contributed by atoms with van der Waals surface area (Å²) in [6, 6.07) is 13.9. The molecule has 0 atom stereocenters. The lowest BCUT2D eigenvalue weighted by Crippen LogP contribution is -2.14. The van der Waals surface area contributed by atoms with Crippen molar-refractivity contribution in [3.63, 3.8) is 0 Å². The Morgan fingerprint density at radius 3 is 2.35 bits per heavy atom. The monoisotopic (exact) mass is 373 g/mol. The summed E-state index contributed by atoms with van der Waals surface area (Å²) in [6.45, 7) is 1.80. The molecule has 2 aromatic carbocycles. The number of nitrogens with one attached hydrogen (secondary N) is 2. The minimum Gasteiger partial charge on any atom is -0.493 e. The molecule has 26 heavy (non-hydrogen) atoms. The number of hydrogen-bond donors (Lipinski definition) is 2. The Balaban J connectivity index is 1.92. The van der Waals surface area contributed by atoms with Crippen molar-refractivity contribution < 1.29 is 17.9 Å². The van der Waals surface area contributed by atoms with Crippen molar-refractivity contribution in [3.05, 3.63) is 54.1 Å². The van der Waals surface area contributed by atoms with Gasteiger partial charge in [-0.2, -0.15) is 5.10 Å². The molecule has 0 saturated carbocycles. The first kappa shape index (κ1) is 17.8. The van der Waals surface area contributed by atoms with Crippen LogP contribution in [0.25, 0.3) is 11.3 Å². The van der Waals surface area contributed by atoms with Crippen molar-refractivity contribution >= 4 is 15.8 Å². The van der Waals surface area contributed by atoms with Crippen LogP contribution in [0, 0.1) is 6.92 Å². The highest BCUT2D eigenvalue weighted by molar-refractivity contribution is 7.92. The molecule has 0 aliphatic heterocycles. The molecular weight excluding hydrogens is 354 g/mol. The number of sulfonamides is 1. The second-order valence-electron chi connectivity index (χ2n) is 5.56. The van der Waals surface area contributed by atoms with E-state index in [1.807, 2.05) is 30.3 Å². The third-order valence-electron chi connectivity index (χ3n) is 3.96. The molecule has 0 fully saturated rings. The summed E-state index contributed by atoms with van der Waals surface area (Å²) in [7, 11) is -0.878. The van der Waals surface area contributed by atoms with Crippen LogP contribution in [-0.2, 0) is 10.0 Å². The van der Waals surface area contributed by atoms with Gasteiger partial charge in [-0.05, 0) is 19.1 Å². The minimum absolute atomic E-state index is 0.0606. The maximum absolute atomic E-state index is 12.7. The molecule has 3 aromatic rings. The number of ether oxygens (including phenoxy) is 2. The standard InChI is InChI=1S/C18H19N3O4S/c1-12-17(13-7-5-4-6-8-13)19-20-18(12)21-26(22,23)14-9-10-15(24-2)16(11-14)25-3/h4-11H,1-3H3,(H2,19,20,21). The van der Waals surface area contributed by atoms with E-state index in [1.165, 1.54) is 26.4 Å². The fourth-order valence-electron chi connectivity index (χ4n) is 2.55. The Morgan fingerprint density at radius 1 is 1.00 bits per heavy atom. The number of anilines is 1. The van der Waals surface area contributed by atoms with Crippen LogP contribution in [0.4, 0.5) is 5.82 Å². The van der Waals surface area contributed by atoms with Crippen LogP contribution < -0.4 is 14.2 Å². The Hall–Kier alpha value is -3.00. The third-order valence-corrected chi connectivity index (χ3v) is 5.31. The molecule has 1 heterocycles. The number of H-pyrrole nitrogens is 1. The highest BCUT2D eigenvalue weighted by Crippen LogP contribution is 2.31. The summed E-state index contributed by atoms with van der Waals surface area (Å²) < 4.78 is 38.3. The van der Waals surface area contributed by atoms with Gasteiger partial charge in [0.25, 0.3) is 10.0 Å². The van der Waals surface area contributed by atoms with E-state index < -0.39 is 10.0 Å². The van der Waals surface area contributed by atoms with Gasteiger partial charge in [0.05, 0.1) is 24.8 Å². The molecule has 0 aliphatic carbocycles. The van der Waals surface area contributed by atoms with E-state index >= 15 is 0 Å². The van der Waals surface area contributed by atoms with Crippen LogP contribution in [0.1, 0.15) is 5.56 Å². The summed E-state index contributed by atoms with van der Waals surface area (Å²) in [5.74, 6) is 1.11. The molecule has 2 N–H and O–H groups in total. The lowest BCUT2D eigenvalue weighted by atomic mass is 10.1. The van der Waals surface area contributed by atoms with Gasteiger partial charge in [0.15, 0.2) is 11.5 Å². The van der Waals surface area contributed by atoms with Gasteiger partial charge < -0.3 is 9.47 Å². The third kappa shape index (κ3) is 3.36.